The number of pyridine rings is 1. The second-order valence-electron chi connectivity index (χ2n) is 6.82. The molecule has 0 bridgehead atoms. The SMILES string of the molecule is CCc1ccc(OCC(=O)Oc2ccc(-c3cn4cc([N+](=O)[O-])ccc4n3)cc2)cc1. The van der Waals surface area contributed by atoms with Crippen LogP contribution in [0.1, 0.15) is 12.5 Å². The minimum Gasteiger partial charge on any atom is -0.482 e. The molecule has 0 aliphatic carbocycles. The molecule has 0 aliphatic heterocycles. The summed E-state index contributed by atoms with van der Waals surface area (Å²) < 4.78 is 12.4. The fourth-order valence-electron chi connectivity index (χ4n) is 3.05. The molecular formula is C23H19N3O5. The average molecular weight is 417 g/mol. The first-order chi connectivity index (χ1) is 15.0. The van der Waals surface area contributed by atoms with E-state index in [1.165, 1.54) is 17.8 Å². The van der Waals surface area contributed by atoms with Gasteiger partial charge in [-0.25, -0.2) is 9.78 Å². The van der Waals surface area contributed by atoms with Crippen LogP contribution in [-0.4, -0.2) is 26.9 Å². The Morgan fingerprint density at radius 2 is 1.71 bits per heavy atom. The summed E-state index contributed by atoms with van der Waals surface area (Å²) in [5.74, 6) is 0.488. The molecule has 0 atom stereocenters. The van der Waals surface area contributed by atoms with E-state index in [0.717, 1.165) is 12.0 Å². The van der Waals surface area contributed by atoms with Crippen molar-refractivity contribution in [3.05, 3.63) is 88.7 Å². The number of ether oxygens (including phenoxy) is 2. The van der Waals surface area contributed by atoms with Gasteiger partial charge in [0.05, 0.1) is 16.8 Å². The van der Waals surface area contributed by atoms with Gasteiger partial charge in [-0.3, -0.25) is 14.5 Å². The van der Waals surface area contributed by atoms with E-state index < -0.39 is 10.9 Å². The Hall–Kier alpha value is -4.20. The molecule has 0 amide bonds. The van der Waals surface area contributed by atoms with Crippen LogP contribution in [0.4, 0.5) is 5.69 Å². The molecule has 0 aliphatic rings. The largest absolute Gasteiger partial charge is 0.482 e. The molecule has 0 unspecified atom stereocenters. The normalized spacial score (nSPS) is 10.7. The Kier molecular flexibility index (Phi) is 5.61. The number of rotatable bonds is 7. The van der Waals surface area contributed by atoms with E-state index >= 15 is 0 Å². The lowest BCUT2D eigenvalue weighted by molar-refractivity contribution is -0.385. The van der Waals surface area contributed by atoms with Crippen molar-refractivity contribution in [2.45, 2.75) is 13.3 Å². The lowest BCUT2D eigenvalue weighted by Gasteiger charge is -2.07. The Bertz CT molecular complexity index is 1230. The molecule has 2 aromatic carbocycles. The van der Waals surface area contributed by atoms with Crippen LogP contribution in [0, 0.1) is 10.1 Å². The highest BCUT2D eigenvalue weighted by molar-refractivity contribution is 5.74. The molecule has 0 radical (unpaired) electrons. The minimum absolute atomic E-state index is 0.0118. The van der Waals surface area contributed by atoms with Gasteiger partial charge in [-0.05, 0) is 54.4 Å². The standard InChI is InChI=1S/C23H19N3O5/c1-2-16-3-8-19(9-4-16)30-15-23(27)31-20-10-5-17(6-11-20)21-14-25-13-18(26(28)29)7-12-22(25)24-21/h3-14H,2,15H2,1H3. The maximum atomic E-state index is 12.1. The zero-order valence-corrected chi connectivity index (χ0v) is 16.7. The number of nitrogens with zero attached hydrogens (tertiary/aromatic N) is 3. The van der Waals surface area contributed by atoms with Crippen LogP contribution in [0.15, 0.2) is 73.1 Å². The zero-order valence-electron chi connectivity index (χ0n) is 16.7. The van der Waals surface area contributed by atoms with Crippen LogP contribution in [0.25, 0.3) is 16.9 Å². The summed E-state index contributed by atoms with van der Waals surface area (Å²) in [6.45, 7) is 1.87. The van der Waals surface area contributed by atoms with Crippen molar-refractivity contribution in [2.75, 3.05) is 6.61 Å². The van der Waals surface area contributed by atoms with E-state index in [4.69, 9.17) is 9.47 Å². The van der Waals surface area contributed by atoms with Crippen molar-refractivity contribution in [3.63, 3.8) is 0 Å². The van der Waals surface area contributed by atoms with E-state index in [1.807, 2.05) is 24.3 Å². The Morgan fingerprint density at radius 3 is 2.39 bits per heavy atom. The van der Waals surface area contributed by atoms with Gasteiger partial charge >= 0.3 is 5.97 Å². The van der Waals surface area contributed by atoms with E-state index in [1.54, 1.807) is 40.9 Å². The number of hydrogen-bond donors (Lipinski definition) is 0. The molecule has 31 heavy (non-hydrogen) atoms. The van der Waals surface area contributed by atoms with Crippen LogP contribution in [0.3, 0.4) is 0 Å². The summed E-state index contributed by atoms with van der Waals surface area (Å²) in [4.78, 5) is 27.0. The van der Waals surface area contributed by atoms with Crippen molar-refractivity contribution < 1.29 is 19.2 Å². The van der Waals surface area contributed by atoms with Gasteiger partial charge in [-0.15, -0.1) is 0 Å². The molecule has 2 heterocycles. The third-order valence-electron chi connectivity index (χ3n) is 4.72. The van der Waals surface area contributed by atoms with Crippen LogP contribution >= 0.6 is 0 Å². The number of carbonyl (C=O) groups is 1. The molecule has 8 nitrogen and oxygen atoms in total. The van der Waals surface area contributed by atoms with Gasteiger partial charge in [0.2, 0.25) is 0 Å². The van der Waals surface area contributed by atoms with E-state index in [0.29, 0.717) is 22.8 Å². The molecule has 0 spiro atoms. The Labute approximate surface area is 177 Å². The maximum Gasteiger partial charge on any atom is 0.349 e. The highest BCUT2D eigenvalue weighted by Gasteiger charge is 2.11. The van der Waals surface area contributed by atoms with Crippen LogP contribution in [0.2, 0.25) is 0 Å². The van der Waals surface area contributed by atoms with Gasteiger partial charge < -0.3 is 9.47 Å². The van der Waals surface area contributed by atoms with E-state index in [9.17, 15) is 14.9 Å². The van der Waals surface area contributed by atoms with Crippen molar-refractivity contribution in [2.24, 2.45) is 0 Å². The van der Waals surface area contributed by atoms with Crippen molar-refractivity contribution in [1.29, 1.82) is 0 Å². The highest BCUT2D eigenvalue weighted by atomic mass is 16.6. The van der Waals surface area contributed by atoms with Gasteiger partial charge in [0, 0.05) is 17.8 Å². The van der Waals surface area contributed by atoms with E-state index in [-0.39, 0.29) is 12.3 Å². The first kappa shape index (κ1) is 20.1. The van der Waals surface area contributed by atoms with Crippen LogP contribution in [0.5, 0.6) is 11.5 Å². The van der Waals surface area contributed by atoms with Gasteiger partial charge in [0.25, 0.3) is 5.69 Å². The molecular weight excluding hydrogens is 398 g/mol. The predicted molar refractivity (Wildman–Crippen MR) is 114 cm³/mol. The fraction of sp³-hybridized carbons (Fsp3) is 0.130. The number of aromatic nitrogens is 2. The Balaban J connectivity index is 1.39. The zero-order chi connectivity index (χ0) is 21.8. The first-order valence-electron chi connectivity index (χ1n) is 9.68. The average Bonchev–Trinajstić information content (AvgIpc) is 3.22. The second kappa shape index (κ2) is 8.66. The lowest BCUT2D eigenvalue weighted by atomic mass is 10.2. The third-order valence-corrected chi connectivity index (χ3v) is 4.72. The molecule has 4 aromatic rings. The Morgan fingerprint density at radius 1 is 1.00 bits per heavy atom. The van der Waals surface area contributed by atoms with Gasteiger partial charge in [0.15, 0.2) is 6.61 Å². The van der Waals surface area contributed by atoms with E-state index in [2.05, 4.69) is 11.9 Å². The number of imidazole rings is 1. The van der Waals surface area contributed by atoms with Crippen molar-refractivity contribution in [3.8, 4) is 22.8 Å². The van der Waals surface area contributed by atoms with Crippen molar-refractivity contribution >= 4 is 17.3 Å². The summed E-state index contributed by atoms with van der Waals surface area (Å²) in [6, 6.07) is 17.4. The number of hydrogen-bond acceptors (Lipinski definition) is 6. The molecule has 0 fully saturated rings. The minimum atomic E-state index is -0.507. The fourth-order valence-corrected chi connectivity index (χ4v) is 3.05. The molecule has 2 aromatic heterocycles. The molecule has 0 N–H and O–H groups in total. The van der Waals surface area contributed by atoms with Gasteiger partial charge in [0.1, 0.15) is 17.1 Å². The van der Waals surface area contributed by atoms with Crippen LogP contribution in [-0.2, 0) is 11.2 Å². The lowest BCUT2D eigenvalue weighted by Crippen LogP contribution is -2.17. The maximum absolute atomic E-state index is 12.1. The third kappa shape index (κ3) is 4.69. The number of fused-ring (bicyclic) bond motifs is 1. The predicted octanol–water partition coefficient (Wildman–Crippen LogP) is 4.46. The molecule has 4 rings (SSSR count). The number of carbonyl (C=O) groups excluding carboxylic acids is 1. The molecule has 0 saturated carbocycles. The summed E-state index contributed by atoms with van der Waals surface area (Å²) in [5.41, 5.74) is 3.22. The second-order valence-corrected chi connectivity index (χ2v) is 6.82. The smallest absolute Gasteiger partial charge is 0.349 e. The van der Waals surface area contributed by atoms with Gasteiger partial charge in [-0.1, -0.05) is 19.1 Å². The molecule has 8 heteroatoms. The summed E-state index contributed by atoms with van der Waals surface area (Å²) in [6.07, 6.45) is 4.06. The number of aryl methyl sites for hydroxylation is 1. The molecule has 156 valence electrons. The summed E-state index contributed by atoms with van der Waals surface area (Å²) >= 11 is 0. The quantitative estimate of drug-likeness (QED) is 0.191. The topological polar surface area (TPSA) is 96.0 Å². The summed E-state index contributed by atoms with van der Waals surface area (Å²) in [7, 11) is 0. The van der Waals surface area contributed by atoms with Crippen molar-refractivity contribution in [1.82, 2.24) is 9.38 Å². The highest BCUT2D eigenvalue weighted by Crippen LogP contribution is 2.24. The summed E-state index contributed by atoms with van der Waals surface area (Å²) in [5, 5.41) is 10.9. The number of nitro groups is 1. The first-order valence-corrected chi connectivity index (χ1v) is 9.68. The monoisotopic (exact) mass is 417 g/mol. The molecule has 0 saturated heterocycles. The number of esters is 1. The van der Waals surface area contributed by atoms with Crippen LogP contribution < -0.4 is 9.47 Å². The van der Waals surface area contributed by atoms with Gasteiger partial charge in [-0.2, -0.15) is 0 Å². The number of benzene rings is 2.